The number of phenols is 2. The molecular weight excluding hydrogens is 308 g/mol. The Morgan fingerprint density at radius 2 is 2.00 bits per heavy atom. The normalized spacial score (nSPS) is 10.9. The van der Waals surface area contributed by atoms with Crippen LogP contribution in [0.1, 0.15) is 19.8 Å². The first-order valence-electron chi connectivity index (χ1n) is 6.73. The number of benzene rings is 1. The van der Waals surface area contributed by atoms with Crippen molar-refractivity contribution in [3.8, 4) is 11.5 Å². The van der Waals surface area contributed by atoms with Crippen molar-refractivity contribution in [2.45, 2.75) is 31.2 Å². The van der Waals surface area contributed by atoms with Crippen molar-refractivity contribution in [3.05, 3.63) is 36.9 Å². The highest BCUT2D eigenvalue weighted by molar-refractivity contribution is 7.85. The van der Waals surface area contributed by atoms with E-state index in [1.807, 2.05) is 7.05 Å². The minimum absolute atomic E-state index is 0.387. The fraction of sp³-hybridized carbons (Fsp3) is 0.357. The molecule has 0 bridgehead atoms. The summed E-state index contributed by atoms with van der Waals surface area (Å²) >= 11 is 0. The predicted molar refractivity (Wildman–Crippen MR) is 78.3 cm³/mol. The molecule has 7 nitrogen and oxygen atoms in total. The lowest BCUT2D eigenvalue weighted by Gasteiger charge is -2.08. The van der Waals surface area contributed by atoms with Gasteiger partial charge < -0.3 is 14.8 Å². The Morgan fingerprint density at radius 1 is 1.32 bits per heavy atom. The Bertz CT molecular complexity index is 710. The van der Waals surface area contributed by atoms with E-state index < -0.39 is 20.8 Å². The summed E-state index contributed by atoms with van der Waals surface area (Å²) in [5.74, 6) is -1.05. The summed E-state index contributed by atoms with van der Waals surface area (Å²) in [4.78, 5) is -0.817. The van der Waals surface area contributed by atoms with Gasteiger partial charge >= 0.3 is 0 Å². The van der Waals surface area contributed by atoms with Crippen LogP contribution in [-0.4, -0.2) is 27.8 Å². The Kier molecular flexibility index (Phi) is 6.39. The van der Waals surface area contributed by atoms with Crippen LogP contribution in [0.3, 0.4) is 0 Å². The van der Waals surface area contributed by atoms with Crippen LogP contribution in [-0.2, 0) is 23.7 Å². The molecule has 2 aromatic rings. The molecule has 0 aliphatic rings. The first kappa shape index (κ1) is 18.0. The van der Waals surface area contributed by atoms with E-state index in [4.69, 9.17) is 10.2 Å². The van der Waals surface area contributed by atoms with E-state index >= 15 is 0 Å². The maximum atomic E-state index is 10.4. The maximum Gasteiger partial charge on any atom is 0.243 e. The lowest BCUT2D eigenvalue weighted by Crippen LogP contribution is -2.23. The van der Waals surface area contributed by atoms with E-state index in [2.05, 4.69) is 34.8 Å². The zero-order valence-corrected chi connectivity index (χ0v) is 13.3. The number of rotatable bonds is 4. The number of phenolic OH excluding ortho intramolecular Hbond substituents is 2. The summed E-state index contributed by atoms with van der Waals surface area (Å²) in [6, 6.07) is 2.70. The molecule has 0 aliphatic heterocycles. The number of hydrogen-bond acceptors (Lipinski definition) is 5. The molecule has 0 saturated carbocycles. The number of unbranched alkanes of at least 4 members (excludes halogenated alkanes) is 1. The van der Waals surface area contributed by atoms with Gasteiger partial charge in [0.25, 0.3) is 0 Å². The van der Waals surface area contributed by atoms with Gasteiger partial charge in [-0.3, -0.25) is 0 Å². The molecule has 2 N–H and O–H groups in total. The Hall–Kier alpha value is -2.06. The second-order valence-corrected chi connectivity index (χ2v) is 6.12. The standard InChI is InChI=1S/C8H15N2.C6H6O5S/c1-3-4-5-10-7-6-9(2)8-10;7-4-1-2-5(8)6(3-4)12(9,10)11/h6-8H,3-5H2,1-2H3;1-3,7-8H,(H,9,10,11)/q+1;/p-1. The first-order chi connectivity index (χ1) is 10.2. The molecule has 0 spiro atoms. The molecule has 1 aromatic carbocycles. The molecule has 0 atom stereocenters. The van der Waals surface area contributed by atoms with Crippen LogP contribution in [0.2, 0.25) is 0 Å². The average molecular weight is 328 g/mol. The van der Waals surface area contributed by atoms with Gasteiger partial charge in [-0.1, -0.05) is 13.3 Å². The highest BCUT2D eigenvalue weighted by Crippen LogP contribution is 2.25. The molecule has 2 rings (SSSR count). The van der Waals surface area contributed by atoms with Crippen molar-refractivity contribution >= 4 is 10.1 Å². The van der Waals surface area contributed by atoms with Crippen LogP contribution in [0.5, 0.6) is 11.5 Å². The maximum absolute atomic E-state index is 10.4. The molecule has 122 valence electrons. The molecule has 8 heteroatoms. The molecule has 0 saturated heterocycles. The van der Waals surface area contributed by atoms with Gasteiger partial charge in [-0.2, -0.15) is 0 Å². The summed E-state index contributed by atoms with van der Waals surface area (Å²) in [5.41, 5.74) is 0. The SMILES string of the molecule is CCCCn1cc[n+](C)c1.O=S(=O)([O-])c1cc(O)ccc1O. The molecule has 0 aliphatic carbocycles. The second kappa shape index (κ2) is 7.81. The van der Waals surface area contributed by atoms with Gasteiger partial charge in [0.2, 0.25) is 6.33 Å². The molecule has 1 aromatic heterocycles. The van der Waals surface area contributed by atoms with Gasteiger partial charge in [0.15, 0.2) is 0 Å². The Labute approximate surface area is 129 Å². The summed E-state index contributed by atoms with van der Waals surface area (Å²) in [6.45, 7) is 3.36. The number of aromatic hydroxyl groups is 2. The zero-order valence-electron chi connectivity index (χ0n) is 12.5. The zero-order chi connectivity index (χ0) is 16.8. The number of hydrogen-bond donors (Lipinski definition) is 2. The lowest BCUT2D eigenvalue weighted by molar-refractivity contribution is -0.671. The minimum atomic E-state index is -4.72. The van der Waals surface area contributed by atoms with Gasteiger partial charge in [0.1, 0.15) is 34.0 Å². The topological polar surface area (TPSA) is 106 Å². The van der Waals surface area contributed by atoms with E-state index in [9.17, 15) is 13.0 Å². The largest absolute Gasteiger partial charge is 0.744 e. The summed E-state index contributed by atoms with van der Waals surface area (Å²) in [7, 11) is -2.67. The van der Waals surface area contributed by atoms with E-state index in [-0.39, 0.29) is 5.75 Å². The van der Waals surface area contributed by atoms with Gasteiger partial charge in [0, 0.05) is 6.07 Å². The van der Waals surface area contributed by atoms with Crippen LogP contribution in [0, 0.1) is 0 Å². The Morgan fingerprint density at radius 3 is 2.45 bits per heavy atom. The van der Waals surface area contributed by atoms with Gasteiger partial charge in [-0.15, -0.1) is 0 Å². The van der Waals surface area contributed by atoms with Crippen LogP contribution >= 0.6 is 0 Å². The van der Waals surface area contributed by atoms with Crippen molar-refractivity contribution in [2.75, 3.05) is 0 Å². The van der Waals surface area contributed by atoms with E-state index in [0.717, 1.165) is 18.7 Å². The van der Waals surface area contributed by atoms with Gasteiger partial charge in [-0.25, -0.2) is 17.6 Å². The smallest absolute Gasteiger partial charge is 0.243 e. The fourth-order valence-electron chi connectivity index (χ4n) is 1.68. The van der Waals surface area contributed by atoms with Gasteiger partial charge in [-0.05, 0) is 18.6 Å². The number of nitrogens with zero attached hydrogens (tertiary/aromatic N) is 2. The third-order valence-electron chi connectivity index (χ3n) is 2.81. The molecular formula is C14H20N2O5S. The monoisotopic (exact) mass is 328 g/mol. The third-order valence-corrected chi connectivity index (χ3v) is 3.67. The van der Waals surface area contributed by atoms with Crippen molar-refractivity contribution in [1.82, 2.24) is 4.57 Å². The highest BCUT2D eigenvalue weighted by Gasteiger charge is 2.08. The summed E-state index contributed by atoms with van der Waals surface area (Å²) in [6.07, 6.45) is 8.82. The molecule has 0 fully saturated rings. The van der Waals surface area contributed by atoms with E-state index in [0.29, 0.717) is 6.07 Å². The minimum Gasteiger partial charge on any atom is -0.744 e. The van der Waals surface area contributed by atoms with Crippen molar-refractivity contribution in [3.63, 3.8) is 0 Å². The van der Waals surface area contributed by atoms with Crippen molar-refractivity contribution in [1.29, 1.82) is 0 Å². The van der Waals surface area contributed by atoms with Crippen LogP contribution in [0.4, 0.5) is 0 Å². The molecule has 22 heavy (non-hydrogen) atoms. The average Bonchev–Trinajstić information content (AvgIpc) is 2.84. The van der Waals surface area contributed by atoms with Crippen LogP contribution in [0.25, 0.3) is 0 Å². The van der Waals surface area contributed by atoms with Crippen molar-refractivity contribution < 1.29 is 27.8 Å². The number of imidazole rings is 1. The molecule has 0 amide bonds. The summed E-state index contributed by atoms with van der Waals surface area (Å²) < 4.78 is 35.4. The quantitative estimate of drug-likeness (QED) is 0.497. The third kappa shape index (κ3) is 5.74. The summed E-state index contributed by atoms with van der Waals surface area (Å²) in [5, 5.41) is 17.7. The predicted octanol–water partition coefficient (Wildman–Crippen LogP) is 1.11. The highest BCUT2D eigenvalue weighted by atomic mass is 32.2. The van der Waals surface area contributed by atoms with Crippen LogP contribution in [0.15, 0.2) is 41.8 Å². The molecule has 0 unspecified atom stereocenters. The van der Waals surface area contributed by atoms with Crippen molar-refractivity contribution in [2.24, 2.45) is 7.05 Å². The number of aromatic nitrogens is 2. The second-order valence-electron chi connectivity index (χ2n) is 4.78. The fourth-order valence-corrected chi connectivity index (χ4v) is 2.27. The van der Waals surface area contributed by atoms with E-state index in [1.54, 1.807) is 0 Å². The van der Waals surface area contributed by atoms with Crippen LogP contribution < -0.4 is 4.57 Å². The lowest BCUT2D eigenvalue weighted by atomic mass is 10.3. The Balaban J connectivity index is 0.000000224. The first-order valence-corrected chi connectivity index (χ1v) is 8.13. The van der Waals surface area contributed by atoms with Gasteiger partial charge in [0.05, 0.1) is 18.5 Å². The van der Waals surface area contributed by atoms with E-state index in [1.165, 1.54) is 12.8 Å². The number of aryl methyl sites for hydroxylation is 2. The molecule has 0 radical (unpaired) electrons. The molecule has 1 heterocycles.